The van der Waals surface area contributed by atoms with Gasteiger partial charge in [-0.1, -0.05) is 19.3 Å². The summed E-state index contributed by atoms with van der Waals surface area (Å²) >= 11 is 0. The van der Waals surface area contributed by atoms with Gasteiger partial charge in [0.1, 0.15) is 5.82 Å². The Hall–Kier alpha value is -2.11. The molecule has 3 N–H and O–H groups in total. The lowest BCUT2D eigenvalue weighted by Crippen LogP contribution is -2.43. The van der Waals surface area contributed by atoms with Crippen LogP contribution in [0.15, 0.2) is 18.2 Å². The number of nitrogens with one attached hydrogen (secondary N) is 3. The van der Waals surface area contributed by atoms with Crippen LogP contribution < -0.4 is 16.0 Å². The number of hydrogen-bond acceptors (Lipinski definition) is 2. The minimum Gasteiger partial charge on any atom is -0.335 e. The Morgan fingerprint density at radius 1 is 0.962 bits per heavy atom. The van der Waals surface area contributed by atoms with Crippen LogP contribution in [0.3, 0.4) is 0 Å². The van der Waals surface area contributed by atoms with Gasteiger partial charge in [0.05, 0.1) is 0 Å². The van der Waals surface area contributed by atoms with Crippen molar-refractivity contribution in [3.63, 3.8) is 0 Å². The maximum atomic E-state index is 13.7. The molecule has 0 aliphatic heterocycles. The molecule has 1 aromatic carbocycles. The van der Waals surface area contributed by atoms with E-state index in [1.54, 1.807) is 6.07 Å². The van der Waals surface area contributed by atoms with Crippen LogP contribution in [0.1, 0.15) is 64.7 Å². The van der Waals surface area contributed by atoms with Gasteiger partial charge in [0.2, 0.25) is 5.91 Å². The van der Waals surface area contributed by atoms with Crippen molar-refractivity contribution in [2.24, 2.45) is 5.41 Å². The average molecular weight is 361 g/mol. The highest BCUT2D eigenvalue weighted by Gasteiger charge is 2.36. The first-order valence-corrected chi connectivity index (χ1v) is 9.60. The Kier molecular flexibility index (Phi) is 5.79. The van der Waals surface area contributed by atoms with Crippen molar-refractivity contribution in [2.75, 3.05) is 10.6 Å². The van der Waals surface area contributed by atoms with Gasteiger partial charge >= 0.3 is 6.03 Å². The first kappa shape index (κ1) is 18.7. The van der Waals surface area contributed by atoms with E-state index in [0.717, 1.165) is 12.8 Å². The number of anilines is 2. The number of rotatable bonds is 3. The van der Waals surface area contributed by atoms with E-state index < -0.39 is 5.82 Å². The number of carbonyl (C=O) groups excluding carboxylic acids is 2. The molecule has 6 heteroatoms. The van der Waals surface area contributed by atoms with Crippen LogP contribution in [-0.2, 0) is 4.79 Å². The van der Waals surface area contributed by atoms with Gasteiger partial charge in [-0.15, -0.1) is 0 Å². The quantitative estimate of drug-likeness (QED) is 0.724. The van der Waals surface area contributed by atoms with Crippen LogP contribution >= 0.6 is 0 Å². The molecule has 3 rings (SSSR count). The van der Waals surface area contributed by atoms with Gasteiger partial charge in [-0.25, -0.2) is 9.18 Å². The third-order valence-electron chi connectivity index (χ3n) is 5.77. The first-order chi connectivity index (χ1) is 12.4. The molecule has 0 heterocycles. The van der Waals surface area contributed by atoms with Gasteiger partial charge in [0.25, 0.3) is 0 Å². The predicted molar refractivity (Wildman–Crippen MR) is 101 cm³/mol. The molecule has 0 aromatic heterocycles. The number of halogens is 1. The predicted octanol–water partition coefficient (Wildman–Crippen LogP) is 4.80. The Balaban J connectivity index is 1.51. The second-order valence-electron chi connectivity index (χ2n) is 7.84. The fourth-order valence-electron chi connectivity index (χ4n) is 4.47. The molecule has 0 radical (unpaired) electrons. The van der Waals surface area contributed by atoms with Crippen molar-refractivity contribution < 1.29 is 14.0 Å². The molecule has 142 valence electrons. The Morgan fingerprint density at radius 3 is 2.19 bits per heavy atom. The number of benzene rings is 1. The molecule has 0 saturated heterocycles. The highest BCUT2D eigenvalue weighted by atomic mass is 19.1. The topological polar surface area (TPSA) is 70.2 Å². The molecule has 0 bridgehead atoms. The molecular weight excluding hydrogens is 333 g/mol. The van der Waals surface area contributed by atoms with E-state index in [1.807, 2.05) is 0 Å². The Labute approximate surface area is 154 Å². The largest absolute Gasteiger partial charge is 0.335 e. The van der Waals surface area contributed by atoms with Gasteiger partial charge in [-0.3, -0.25) is 4.79 Å². The molecule has 0 unspecified atom stereocenters. The van der Waals surface area contributed by atoms with Crippen LogP contribution in [0.2, 0.25) is 0 Å². The van der Waals surface area contributed by atoms with E-state index in [9.17, 15) is 14.0 Å². The number of hydrogen-bond donors (Lipinski definition) is 3. The summed E-state index contributed by atoms with van der Waals surface area (Å²) in [5.41, 5.74) is 1.17. The zero-order valence-corrected chi connectivity index (χ0v) is 15.4. The van der Waals surface area contributed by atoms with E-state index >= 15 is 0 Å². The summed E-state index contributed by atoms with van der Waals surface area (Å²) in [7, 11) is 0. The SMILES string of the molecule is CC(=O)Nc1cc(F)cc(NC(=O)NC2CCC3(CCCCC3)CC2)c1. The van der Waals surface area contributed by atoms with E-state index in [4.69, 9.17) is 0 Å². The minimum atomic E-state index is -0.511. The summed E-state index contributed by atoms with van der Waals surface area (Å²) < 4.78 is 13.7. The molecule has 2 aliphatic rings. The molecular formula is C20H28FN3O2. The molecule has 3 amide bonds. The van der Waals surface area contributed by atoms with Crippen LogP contribution in [0.25, 0.3) is 0 Å². The third-order valence-corrected chi connectivity index (χ3v) is 5.77. The van der Waals surface area contributed by atoms with Gasteiger partial charge < -0.3 is 16.0 Å². The summed E-state index contributed by atoms with van der Waals surface area (Å²) in [6.07, 6.45) is 11.1. The highest BCUT2D eigenvalue weighted by Crippen LogP contribution is 2.47. The Morgan fingerprint density at radius 2 is 1.58 bits per heavy atom. The summed E-state index contributed by atoms with van der Waals surface area (Å²) in [5, 5.41) is 8.21. The zero-order valence-electron chi connectivity index (χ0n) is 15.4. The van der Waals surface area contributed by atoms with Crippen molar-refractivity contribution >= 4 is 23.3 Å². The molecule has 26 heavy (non-hydrogen) atoms. The lowest BCUT2D eigenvalue weighted by Gasteiger charge is -2.43. The van der Waals surface area contributed by atoms with Crippen molar-refractivity contribution in [1.82, 2.24) is 5.32 Å². The fraction of sp³-hybridized carbons (Fsp3) is 0.600. The lowest BCUT2D eigenvalue weighted by atomic mass is 9.64. The second-order valence-corrected chi connectivity index (χ2v) is 7.84. The average Bonchev–Trinajstić information content (AvgIpc) is 2.57. The standard InChI is InChI=1S/C20H28FN3O2/c1-14(25)22-17-11-15(21)12-18(13-17)24-19(26)23-16-5-9-20(10-6-16)7-3-2-4-8-20/h11-13,16H,2-10H2,1H3,(H,22,25)(H2,23,24,26). The molecule has 1 spiro atoms. The van der Waals surface area contributed by atoms with Gasteiger partial charge in [0, 0.05) is 24.3 Å². The maximum Gasteiger partial charge on any atom is 0.319 e. The smallest absolute Gasteiger partial charge is 0.319 e. The highest BCUT2D eigenvalue weighted by molar-refractivity contribution is 5.92. The van der Waals surface area contributed by atoms with Crippen molar-refractivity contribution in [1.29, 1.82) is 0 Å². The maximum absolute atomic E-state index is 13.7. The van der Waals surface area contributed by atoms with Crippen LogP contribution in [0.4, 0.5) is 20.6 Å². The van der Waals surface area contributed by atoms with Crippen LogP contribution in [0.5, 0.6) is 0 Å². The van der Waals surface area contributed by atoms with Crippen molar-refractivity contribution in [2.45, 2.75) is 70.8 Å². The number of carbonyl (C=O) groups is 2. The van der Waals surface area contributed by atoms with Gasteiger partial charge in [-0.2, -0.15) is 0 Å². The summed E-state index contributed by atoms with van der Waals surface area (Å²) in [4.78, 5) is 23.4. The summed E-state index contributed by atoms with van der Waals surface area (Å²) in [5.74, 6) is -0.798. The minimum absolute atomic E-state index is 0.172. The first-order valence-electron chi connectivity index (χ1n) is 9.60. The molecule has 2 fully saturated rings. The van der Waals surface area contributed by atoms with Gasteiger partial charge in [0.15, 0.2) is 0 Å². The van der Waals surface area contributed by atoms with E-state index in [2.05, 4.69) is 16.0 Å². The monoisotopic (exact) mass is 361 g/mol. The zero-order chi connectivity index (χ0) is 18.6. The van der Waals surface area contributed by atoms with E-state index in [-0.39, 0.29) is 18.0 Å². The number of amides is 3. The molecule has 5 nitrogen and oxygen atoms in total. The normalized spacial score (nSPS) is 19.8. The van der Waals surface area contributed by atoms with E-state index in [1.165, 1.54) is 64.0 Å². The fourth-order valence-corrected chi connectivity index (χ4v) is 4.47. The second kappa shape index (κ2) is 8.06. The van der Waals surface area contributed by atoms with Gasteiger partial charge in [-0.05, 0) is 62.1 Å². The Bertz CT molecular complexity index is 661. The number of urea groups is 1. The molecule has 2 aliphatic carbocycles. The van der Waals surface area contributed by atoms with Crippen LogP contribution in [0, 0.1) is 11.2 Å². The molecule has 0 atom stereocenters. The lowest BCUT2D eigenvalue weighted by molar-refractivity contribution is -0.114. The molecule has 1 aromatic rings. The van der Waals surface area contributed by atoms with Crippen molar-refractivity contribution in [3.8, 4) is 0 Å². The third kappa shape index (κ3) is 4.96. The van der Waals surface area contributed by atoms with Crippen LogP contribution in [-0.4, -0.2) is 18.0 Å². The summed E-state index contributed by atoms with van der Waals surface area (Å²) in [6, 6.07) is 3.85. The molecule has 2 saturated carbocycles. The van der Waals surface area contributed by atoms with Crippen molar-refractivity contribution in [3.05, 3.63) is 24.0 Å². The van der Waals surface area contributed by atoms with E-state index in [0.29, 0.717) is 16.8 Å². The summed E-state index contributed by atoms with van der Waals surface area (Å²) in [6.45, 7) is 1.35.